The van der Waals surface area contributed by atoms with E-state index in [2.05, 4.69) is 30.9 Å². The Hall–Kier alpha value is -2.00. The molecule has 0 bridgehead atoms. The van der Waals surface area contributed by atoms with Gasteiger partial charge in [0.1, 0.15) is 0 Å². The van der Waals surface area contributed by atoms with E-state index in [1.807, 2.05) is 6.07 Å². The van der Waals surface area contributed by atoms with Crippen LogP contribution in [-0.2, 0) is 12.8 Å². The van der Waals surface area contributed by atoms with Gasteiger partial charge in [0.25, 0.3) is 0 Å². The average molecular weight is 295 g/mol. The van der Waals surface area contributed by atoms with E-state index in [4.69, 9.17) is 0 Å². The zero-order chi connectivity index (χ0) is 15.4. The molecule has 2 aromatic rings. The lowest BCUT2D eigenvalue weighted by atomic mass is 9.76. The van der Waals surface area contributed by atoms with Crippen molar-refractivity contribution in [3.05, 3.63) is 46.5 Å². The minimum absolute atomic E-state index is 0.0253. The van der Waals surface area contributed by atoms with E-state index in [9.17, 15) is 10.2 Å². The Morgan fingerprint density at radius 3 is 2.77 bits per heavy atom. The van der Waals surface area contributed by atoms with E-state index in [-0.39, 0.29) is 11.5 Å². The number of nitrogens with zero attached hydrogens (tertiary/aromatic N) is 1. The van der Waals surface area contributed by atoms with Crippen LogP contribution in [0.1, 0.15) is 35.2 Å². The molecule has 2 aliphatic rings. The molecule has 22 heavy (non-hydrogen) atoms. The van der Waals surface area contributed by atoms with E-state index in [1.54, 1.807) is 6.07 Å². The number of rotatable bonds is 1. The lowest BCUT2D eigenvalue weighted by Gasteiger charge is -2.41. The molecule has 1 atom stereocenters. The SMILES string of the molecule is CCN1CCc2cc(C)cc3c2[C@H]1Cc1ccc(O)c(O)c1-3. The van der Waals surface area contributed by atoms with Gasteiger partial charge in [0.15, 0.2) is 11.5 Å². The fourth-order valence-electron chi connectivity index (χ4n) is 4.19. The summed E-state index contributed by atoms with van der Waals surface area (Å²) in [6.07, 6.45) is 1.96. The summed E-state index contributed by atoms with van der Waals surface area (Å²) >= 11 is 0. The van der Waals surface area contributed by atoms with Gasteiger partial charge in [-0.25, -0.2) is 0 Å². The van der Waals surface area contributed by atoms with Crippen LogP contribution in [0.4, 0.5) is 0 Å². The molecule has 3 nitrogen and oxygen atoms in total. The van der Waals surface area contributed by atoms with Gasteiger partial charge >= 0.3 is 0 Å². The van der Waals surface area contributed by atoms with E-state index >= 15 is 0 Å². The number of likely N-dealkylation sites (N-methyl/N-ethyl adjacent to an activating group) is 1. The number of fused-ring (bicyclic) bond motifs is 2. The molecule has 3 heteroatoms. The molecule has 0 unspecified atom stereocenters. The van der Waals surface area contributed by atoms with Crippen LogP contribution in [0.3, 0.4) is 0 Å². The van der Waals surface area contributed by atoms with Crippen LogP contribution in [0.2, 0.25) is 0 Å². The van der Waals surface area contributed by atoms with Crippen LogP contribution in [0.15, 0.2) is 24.3 Å². The molecule has 0 spiro atoms. The lowest BCUT2D eigenvalue weighted by Crippen LogP contribution is -2.38. The molecule has 1 aliphatic heterocycles. The highest BCUT2D eigenvalue weighted by Gasteiger charge is 2.35. The summed E-state index contributed by atoms with van der Waals surface area (Å²) in [5, 5.41) is 20.3. The molecule has 114 valence electrons. The first-order valence-electron chi connectivity index (χ1n) is 8.01. The Bertz CT molecular complexity index is 767. The lowest BCUT2D eigenvalue weighted by molar-refractivity contribution is 0.192. The molecule has 0 amide bonds. The zero-order valence-corrected chi connectivity index (χ0v) is 13.1. The molecule has 0 aromatic heterocycles. The van der Waals surface area contributed by atoms with Crippen molar-refractivity contribution >= 4 is 0 Å². The largest absolute Gasteiger partial charge is 0.504 e. The van der Waals surface area contributed by atoms with E-state index < -0.39 is 0 Å². The molecule has 0 fully saturated rings. The number of phenolic OH excluding ortho intramolecular Hbond substituents is 2. The van der Waals surface area contributed by atoms with Crippen LogP contribution >= 0.6 is 0 Å². The highest BCUT2D eigenvalue weighted by molar-refractivity contribution is 5.82. The normalized spacial score (nSPS) is 19.6. The quantitative estimate of drug-likeness (QED) is 0.791. The minimum atomic E-state index is -0.0318. The van der Waals surface area contributed by atoms with E-state index in [0.717, 1.165) is 42.6 Å². The van der Waals surface area contributed by atoms with Crippen LogP contribution in [0.25, 0.3) is 11.1 Å². The van der Waals surface area contributed by atoms with Crippen molar-refractivity contribution in [2.45, 2.75) is 32.7 Å². The Balaban J connectivity index is 2.04. The highest BCUT2D eigenvalue weighted by Crippen LogP contribution is 2.50. The molecule has 1 heterocycles. The van der Waals surface area contributed by atoms with Gasteiger partial charge in [0.2, 0.25) is 0 Å². The topological polar surface area (TPSA) is 43.7 Å². The summed E-state index contributed by atoms with van der Waals surface area (Å²) in [7, 11) is 0. The van der Waals surface area contributed by atoms with Gasteiger partial charge in [-0.15, -0.1) is 0 Å². The smallest absolute Gasteiger partial charge is 0.165 e. The fraction of sp³-hybridized carbons (Fsp3) is 0.368. The first-order chi connectivity index (χ1) is 10.6. The molecule has 4 rings (SSSR count). The summed E-state index contributed by atoms with van der Waals surface area (Å²) in [5.41, 5.74) is 7.03. The van der Waals surface area contributed by atoms with Gasteiger partial charge in [0.05, 0.1) is 0 Å². The van der Waals surface area contributed by atoms with Crippen molar-refractivity contribution < 1.29 is 10.2 Å². The number of hydrogen-bond acceptors (Lipinski definition) is 3. The third-order valence-corrected chi connectivity index (χ3v) is 5.18. The van der Waals surface area contributed by atoms with Gasteiger partial charge < -0.3 is 10.2 Å². The second-order valence-corrected chi connectivity index (χ2v) is 6.45. The monoisotopic (exact) mass is 295 g/mol. The molecule has 0 saturated heterocycles. The van der Waals surface area contributed by atoms with Crippen LogP contribution < -0.4 is 0 Å². The summed E-state index contributed by atoms with van der Waals surface area (Å²) < 4.78 is 0. The Labute approximate surface area is 130 Å². The van der Waals surface area contributed by atoms with E-state index in [1.165, 1.54) is 16.7 Å². The first-order valence-corrected chi connectivity index (χ1v) is 8.01. The molecule has 0 radical (unpaired) electrons. The third kappa shape index (κ3) is 1.78. The third-order valence-electron chi connectivity index (χ3n) is 5.18. The summed E-state index contributed by atoms with van der Waals surface area (Å²) in [5.74, 6) is -0.00650. The zero-order valence-electron chi connectivity index (χ0n) is 13.1. The summed E-state index contributed by atoms with van der Waals surface area (Å²) in [6.45, 7) is 6.45. The number of phenols is 2. The number of aryl methyl sites for hydroxylation is 1. The maximum Gasteiger partial charge on any atom is 0.165 e. The second kappa shape index (κ2) is 4.75. The van der Waals surface area contributed by atoms with Gasteiger partial charge in [-0.3, -0.25) is 4.90 Å². The van der Waals surface area contributed by atoms with Crippen molar-refractivity contribution in [1.29, 1.82) is 0 Å². The predicted molar refractivity (Wildman–Crippen MR) is 87.3 cm³/mol. The second-order valence-electron chi connectivity index (χ2n) is 6.45. The van der Waals surface area contributed by atoms with Crippen LogP contribution in [-0.4, -0.2) is 28.2 Å². The first kappa shape index (κ1) is 13.6. The maximum atomic E-state index is 10.4. The Morgan fingerprint density at radius 1 is 1.18 bits per heavy atom. The van der Waals surface area contributed by atoms with Crippen molar-refractivity contribution in [2.24, 2.45) is 0 Å². The predicted octanol–water partition coefficient (Wildman–Crippen LogP) is 3.55. The molecule has 0 saturated carbocycles. The van der Waals surface area contributed by atoms with Crippen molar-refractivity contribution in [3.8, 4) is 22.6 Å². The van der Waals surface area contributed by atoms with Crippen molar-refractivity contribution in [3.63, 3.8) is 0 Å². The van der Waals surface area contributed by atoms with Crippen LogP contribution in [0.5, 0.6) is 11.5 Å². The standard InChI is InChI=1S/C19H21NO2/c1-3-20-7-6-13-8-11(2)9-14-17(13)15(20)10-12-4-5-16(21)19(22)18(12)14/h4-5,8-9,15,21-22H,3,6-7,10H2,1-2H3/t15-/m1/s1. The van der Waals surface area contributed by atoms with Gasteiger partial charge in [-0.05, 0) is 54.6 Å². The fourth-order valence-corrected chi connectivity index (χ4v) is 4.19. The number of hydrogen-bond donors (Lipinski definition) is 2. The van der Waals surface area contributed by atoms with Gasteiger partial charge in [-0.2, -0.15) is 0 Å². The minimum Gasteiger partial charge on any atom is -0.504 e. The molecular formula is C19H21NO2. The number of benzene rings is 2. The van der Waals surface area contributed by atoms with Crippen molar-refractivity contribution in [1.82, 2.24) is 4.90 Å². The molecule has 1 aliphatic carbocycles. The van der Waals surface area contributed by atoms with Crippen molar-refractivity contribution in [2.75, 3.05) is 13.1 Å². The highest BCUT2D eigenvalue weighted by atomic mass is 16.3. The molecule has 2 aromatic carbocycles. The number of aromatic hydroxyl groups is 2. The van der Waals surface area contributed by atoms with Gasteiger partial charge in [0, 0.05) is 18.2 Å². The maximum absolute atomic E-state index is 10.4. The summed E-state index contributed by atoms with van der Waals surface area (Å²) in [6, 6.07) is 8.39. The Kier molecular flexibility index (Phi) is 2.95. The Morgan fingerprint density at radius 2 is 2.00 bits per heavy atom. The van der Waals surface area contributed by atoms with Gasteiger partial charge in [-0.1, -0.05) is 30.7 Å². The molecule has 2 N–H and O–H groups in total. The van der Waals surface area contributed by atoms with Crippen LogP contribution in [0, 0.1) is 6.92 Å². The van der Waals surface area contributed by atoms with E-state index in [0.29, 0.717) is 6.04 Å². The summed E-state index contributed by atoms with van der Waals surface area (Å²) in [4.78, 5) is 2.52. The molecular weight excluding hydrogens is 274 g/mol. The average Bonchev–Trinajstić information content (AvgIpc) is 2.51.